The number of nitro benzene ring substituents is 1. The number of hydrogen-bond donors (Lipinski definition) is 2. The number of hydrogen-bond acceptors (Lipinski definition) is 9. The standard InChI is InChI=1S/C22H21N3O7/c1-13-17(22(28)32-11-9-15-7-3-4-10-23-15)18(19(20(26)24-13)21(27)31-2)14-6-5-8-16(12-14)25(29)30/h3-8,10,12,18,24,26H,9,11H2,1-2H3. The molecule has 2 heterocycles. The highest BCUT2D eigenvalue weighted by Gasteiger charge is 2.39. The highest BCUT2D eigenvalue weighted by molar-refractivity contribution is 5.99. The number of aliphatic hydroxyl groups is 1. The van der Waals surface area contributed by atoms with Gasteiger partial charge in [0.25, 0.3) is 5.69 Å². The van der Waals surface area contributed by atoms with E-state index < -0.39 is 28.7 Å². The third-order valence-corrected chi connectivity index (χ3v) is 4.90. The van der Waals surface area contributed by atoms with E-state index in [0.717, 1.165) is 12.8 Å². The average molecular weight is 439 g/mol. The van der Waals surface area contributed by atoms with E-state index in [1.165, 1.54) is 31.2 Å². The van der Waals surface area contributed by atoms with E-state index in [-0.39, 0.29) is 34.7 Å². The van der Waals surface area contributed by atoms with Crippen LogP contribution >= 0.6 is 0 Å². The molecule has 166 valence electrons. The van der Waals surface area contributed by atoms with Crippen molar-refractivity contribution >= 4 is 17.6 Å². The minimum absolute atomic E-state index is 0.0253. The Labute approximate surface area is 183 Å². The number of rotatable bonds is 7. The Kier molecular flexibility index (Phi) is 6.83. The van der Waals surface area contributed by atoms with E-state index in [0.29, 0.717) is 6.42 Å². The highest BCUT2D eigenvalue weighted by atomic mass is 16.6. The molecule has 0 radical (unpaired) electrons. The van der Waals surface area contributed by atoms with Crippen molar-refractivity contribution in [1.82, 2.24) is 10.3 Å². The maximum atomic E-state index is 13.0. The largest absolute Gasteiger partial charge is 0.494 e. The molecular weight excluding hydrogens is 418 g/mol. The third kappa shape index (κ3) is 4.75. The number of dihydropyridines is 1. The number of allylic oxidation sites excluding steroid dienone is 1. The second-order valence-electron chi connectivity index (χ2n) is 6.91. The summed E-state index contributed by atoms with van der Waals surface area (Å²) in [6.45, 7) is 1.56. The molecule has 0 aliphatic carbocycles. The van der Waals surface area contributed by atoms with Gasteiger partial charge in [0, 0.05) is 36.1 Å². The van der Waals surface area contributed by atoms with Crippen molar-refractivity contribution in [3.63, 3.8) is 0 Å². The lowest BCUT2D eigenvalue weighted by Crippen LogP contribution is -2.33. The molecule has 0 saturated carbocycles. The number of aliphatic hydroxyl groups excluding tert-OH is 1. The Morgan fingerprint density at radius 2 is 1.97 bits per heavy atom. The molecule has 1 atom stereocenters. The fourth-order valence-corrected chi connectivity index (χ4v) is 3.43. The Bertz CT molecular complexity index is 1110. The maximum Gasteiger partial charge on any atom is 0.340 e. The lowest BCUT2D eigenvalue weighted by Gasteiger charge is -2.28. The van der Waals surface area contributed by atoms with Crippen LogP contribution in [0.5, 0.6) is 0 Å². The number of ether oxygens (including phenoxy) is 2. The summed E-state index contributed by atoms with van der Waals surface area (Å²) in [5.41, 5.74) is 0.777. The molecule has 3 rings (SSSR count). The molecule has 1 aliphatic heterocycles. The lowest BCUT2D eigenvalue weighted by atomic mass is 9.81. The van der Waals surface area contributed by atoms with Gasteiger partial charge in [-0.05, 0) is 24.6 Å². The quantitative estimate of drug-likeness (QED) is 0.378. The first-order valence-corrected chi connectivity index (χ1v) is 9.64. The lowest BCUT2D eigenvalue weighted by molar-refractivity contribution is -0.384. The molecular formula is C22H21N3O7. The first kappa shape index (κ1) is 22.5. The van der Waals surface area contributed by atoms with Gasteiger partial charge in [0.15, 0.2) is 5.88 Å². The number of aromatic nitrogens is 1. The second kappa shape index (κ2) is 9.73. The van der Waals surface area contributed by atoms with Crippen molar-refractivity contribution in [2.24, 2.45) is 0 Å². The number of methoxy groups -OCH3 is 1. The highest BCUT2D eigenvalue weighted by Crippen LogP contribution is 2.39. The predicted molar refractivity (Wildman–Crippen MR) is 112 cm³/mol. The van der Waals surface area contributed by atoms with Crippen LogP contribution in [0.1, 0.15) is 24.1 Å². The summed E-state index contributed by atoms with van der Waals surface area (Å²) in [4.78, 5) is 40.3. The molecule has 2 N–H and O–H groups in total. The van der Waals surface area contributed by atoms with Crippen LogP contribution in [-0.2, 0) is 25.5 Å². The average Bonchev–Trinajstić information content (AvgIpc) is 2.78. The molecule has 1 aliphatic rings. The van der Waals surface area contributed by atoms with Crippen molar-refractivity contribution in [3.8, 4) is 0 Å². The Balaban J connectivity index is 1.97. The van der Waals surface area contributed by atoms with Crippen LogP contribution in [-0.4, -0.2) is 40.7 Å². The molecule has 1 unspecified atom stereocenters. The zero-order chi connectivity index (χ0) is 23.3. The van der Waals surface area contributed by atoms with Gasteiger partial charge in [-0.1, -0.05) is 18.2 Å². The van der Waals surface area contributed by atoms with Crippen LogP contribution in [0.15, 0.2) is 71.4 Å². The zero-order valence-corrected chi connectivity index (χ0v) is 17.4. The number of carbonyl (C=O) groups excluding carboxylic acids is 2. The number of carbonyl (C=O) groups is 2. The molecule has 0 spiro atoms. The van der Waals surface area contributed by atoms with Gasteiger partial charge >= 0.3 is 11.9 Å². The van der Waals surface area contributed by atoms with E-state index in [1.54, 1.807) is 18.3 Å². The van der Waals surface area contributed by atoms with Crippen molar-refractivity contribution in [1.29, 1.82) is 0 Å². The Morgan fingerprint density at radius 1 is 1.19 bits per heavy atom. The molecule has 10 heteroatoms. The maximum absolute atomic E-state index is 13.0. The van der Waals surface area contributed by atoms with E-state index in [9.17, 15) is 24.8 Å². The first-order valence-electron chi connectivity index (χ1n) is 9.64. The first-order chi connectivity index (χ1) is 15.3. The Morgan fingerprint density at radius 3 is 2.62 bits per heavy atom. The molecule has 0 saturated heterocycles. The van der Waals surface area contributed by atoms with Crippen LogP contribution < -0.4 is 5.32 Å². The number of pyridine rings is 1. The molecule has 0 amide bonds. The smallest absolute Gasteiger partial charge is 0.340 e. The molecule has 0 fully saturated rings. The van der Waals surface area contributed by atoms with Gasteiger partial charge in [-0.15, -0.1) is 0 Å². The summed E-state index contributed by atoms with van der Waals surface area (Å²) >= 11 is 0. The van der Waals surface area contributed by atoms with E-state index >= 15 is 0 Å². The minimum Gasteiger partial charge on any atom is -0.494 e. The SMILES string of the molecule is COC(=O)C1=C(O)NC(C)=C(C(=O)OCCc2ccccn2)C1c1cccc([N+](=O)[O-])c1. The van der Waals surface area contributed by atoms with Crippen LogP contribution in [0.4, 0.5) is 5.69 Å². The summed E-state index contributed by atoms with van der Waals surface area (Å²) in [6.07, 6.45) is 2.00. The summed E-state index contributed by atoms with van der Waals surface area (Å²) in [7, 11) is 1.13. The van der Waals surface area contributed by atoms with Crippen molar-refractivity contribution < 1.29 is 29.1 Å². The summed E-state index contributed by atoms with van der Waals surface area (Å²) < 4.78 is 10.2. The van der Waals surface area contributed by atoms with Gasteiger partial charge in [0.1, 0.15) is 5.57 Å². The summed E-state index contributed by atoms with van der Waals surface area (Å²) in [6, 6.07) is 10.9. The summed E-state index contributed by atoms with van der Waals surface area (Å²) in [5.74, 6) is -3.27. The van der Waals surface area contributed by atoms with E-state index in [1.807, 2.05) is 6.07 Å². The predicted octanol–water partition coefficient (Wildman–Crippen LogP) is 2.68. The topological polar surface area (TPSA) is 141 Å². The number of nitrogens with zero attached hydrogens (tertiary/aromatic N) is 2. The third-order valence-electron chi connectivity index (χ3n) is 4.90. The number of non-ortho nitro benzene ring substituents is 1. The molecule has 2 aromatic rings. The van der Waals surface area contributed by atoms with Crippen LogP contribution in [0.2, 0.25) is 0 Å². The number of benzene rings is 1. The van der Waals surface area contributed by atoms with Crippen molar-refractivity contribution in [3.05, 3.63) is 92.8 Å². The fraction of sp³-hybridized carbons (Fsp3) is 0.227. The van der Waals surface area contributed by atoms with Crippen molar-refractivity contribution in [2.45, 2.75) is 19.3 Å². The molecule has 10 nitrogen and oxygen atoms in total. The van der Waals surface area contributed by atoms with Crippen LogP contribution in [0.3, 0.4) is 0 Å². The number of nitrogens with one attached hydrogen (secondary N) is 1. The van der Waals surface area contributed by atoms with Gasteiger partial charge in [-0.25, -0.2) is 9.59 Å². The number of esters is 2. The van der Waals surface area contributed by atoms with E-state index in [4.69, 9.17) is 9.47 Å². The van der Waals surface area contributed by atoms with Crippen LogP contribution in [0.25, 0.3) is 0 Å². The minimum atomic E-state index is -1.13. The van der Waals surface area contributed by atoms with Crippen molar-refractivity contribution in [2.75, 3.05) is 13.7 Å². The normalized spacial score (nSPS) is 15.8. The van der Waals surface area contributed by atoms with E-state index in [2.05, 4.69) is 10.3 Å². The zero-order valence-electron chi connectivity index (χ0n) is 17.4. The Hall–Kier alpha value is -4.21. The van der Waals surface area contributed by atoms with Gasteiger partial charge < -0.3 is 19.9 Å². The molecule has 1 aromatic carbocycles. The van der Waals surface area contributed by atoms with Gasteiger partial charge in [-0.2, -0.15) is 0 Å². The second-order valence-corrected chi connectivity index (χ2v) is 6.91. The number of nitro groups is 1. The van der Waals surface area contributed by atoms with Crippen LogP contribution in [0, 0.1) is 10.1 Å². The molecule has 0 bridgehead atoms. The molecule has 32 heavy (non-hydrogen) atoms. The molecule has 1 aromatic heterocycles. The monoisotopic (exact) mass is 439 g/mol. The summed E-state index contributed by atoms with van der Waals surface area (Å²) in [5, 5.41) is 24.3. The van der Waals surface area contributed by atoms with Gasteiger partial charge in [-0.3, -0.25) is 15.1 Å². The fourth-order valence-electron chi connectivity index (χ4n) is 3.43. The van der Waals surface area contributed by atoms with Gasteiger partial charge in [0.05, 0.1) is 30.1 Å². The van der Waals surface area contributed by atoms with Gasteiger partial charge in [0.2, 0.25) is 0 Å².